The van der Waals surface area contributed by atoms with E-state index in [2.05, 4.69) is 15.8 Å². The van der Waals surface area contributed by atoms with E-state index in [1.807, 2.05) is 0 Å². The molecule has 0 saturated carbocycles. The first-order valence-corrected chi connectivity index (χ1v) is 10.3. The van der Waals surface area contributed by atoms with Crippen molar-refractivity contribution in [3.05, 3.63) is 68.4 Å². The second kappa shape index (κ2) is 10.2. The Hall–Kier alpha value is -2.58. The third-order valence-corrected chi connectivity index (χ3v) is 5.30. The van der Waals surface area contributed by atoms with Gasteiger partial charge >= 0.3 is 0 Å². The van der Waals surface area contributed by atoms with Gasteiger partial charge < -0.3 is 19.9 Å². The molecule has 0 aliphatic heterocycles. The van der Waals surface area contributed by atoms with Gasteiger partial charge in [0.25, 0.3) is 11.8 Å². The molecular weight excluding hydrogens is 465 g/mol. The Labute approximate surface area is 193 Å². The molecule has 0 aliphatic rings. The Morgan fingerprint density at radius 3 is 2.42 bits per heavy atom. The summed E-state index contributed by atoms with van der Waals surface area (Å²) in [5.74, 6) is -0.535. The number of aromatic nitrogens is 1. The van der Waals surface area contributed by atoms with Crippen molar-refractivity contribution in [2.75, 3.05) is 25.6 Å². The monoisotopic (exact) mass is 481 g/mol. The predicted molar refractivity (Wildman–Crippen MR) is 120 cm³/mol. The molecule has 10 heteroatoms. The molecule has 0 spiro atoms. The van der Waals surface area contributed by atoms with Gasteiger partial charge in [0.15, 0.2) is 0 Å². The van der Waals surface area contributed by atoms with E-state index in [-0.39, 0.29) is 27.8 Å². The number of aryl methyl sites for hydroxylation is 1. The summed E-state index contributed by atoms with van der Waals surface area (Å²) in [4.78, 5) is 25.2. The van der Waals surface area contributed by atoms with Crippen molar-refractivity contribution < 1.29 is 18.8 Å². The first kappa shape index (κ1) is 23.1. The Balaban J connectivity index is 1.84. The fourth-order valence-electron chi connectivity index (χ4n) is 2.87. The van der Waals surface area contributed by atoms with E-state index in [9.17, 15) is 9.59 Å². The number of carbonyl (C=O) groups excluding carboxylic acids is 2. The van der Waals surface area contributed by atoms with E-state index in [0.29, 0.717) is 40.2 Å². The smallest absolute Gasteiger partial charge is 0.261 e. The van der Waals surface area contributed by atoms with Crippen LogP contribution in [0.15, 0.2) is 40.9 Å². The third-order valence-electron chi connectivity index (χ3n) is 4.35. The molecule has 31 heavy (non-hydrogen) atoms. The number of hydrogen-bond acceptors (Lipinski definition) is 5. The highest BCUT2D eigenvalue weighted by molar-refractivity contribution is 6.39. The number of nitrogens with zero attached hydrogens (tertiary/aromatic N) is 1. The van der Waals surface area contributed by atoms with Gasteiger partial charge in [0.05, 0.1) is 27.2 Å². The number of nitrogens with one attached hydrogen (secondary N) is 2. The number of benzene rings is 2. The van der Waals surface area contributed by atoms with Crippen molar-refractivity contribution in [1.82, 2.24) is 10.5 Å². The van der Waals surface area contributed by atoms with E-state index in [1.165, 1.54) is 12.1 Å². The first-order valence-electron chi connectivity index (χ1n) is 9.12. The Morgan fingerprint density at radius 1 is 1.06 bits per heavy atom. The highest BCUT2D eigenvalue weighted by Crippen LogP contribution is 2.37. The minimum atomic E-state index is -0.488. The molecule has 0 fully saturated rings. The number of ether oxygens (including phenoxy) is 1. The maximum Gasteiger partial charge on any atom is 0.261 e. The van der Waals surface area contributed by atoms with E-state index in [1.54, 1.807) is 38.3 Å². The van der Waals surface area contributed by atoms with Crippen LogP contribution in [0.4, 0.5) is 5.69 Å². The molecule has 7 nitrogen and oxygen atoms in total. The van der Waals surface area contributed by atoms with Crippen LogP contribution in [0.1, 0.15) is 26.5 Å². The summed E-state index contributed by atoms with van der Waals surface area (Å²) in [6, 6.07) is 9.55. The Morgan fingerprint density at radius 2 is 1.77 bits per heavy atom. The average Bonchev–Trinajstić information content (AvgIpc) is 3.09. The van der Waals surface area contributed by atoms with Crippen LogP contribution in [0, 0.1) is 6.92 Å². The van der Waals surface area contributed by atoms with Gasteiger partial charge in [-0.2, -0.15) is 0 Å². The first-order chi connectivity index (χ1) is 14.8. The van der Waals surface area contributed by atoms with Gasteiger partial charge in [-0.05, 0) is 37.3 Å². The normalized spacial score (nSPS) is 10.7. The van der Waals surface area contributed by atoms with E-state index in [0.717, 1.165) is 0 Å². The lowest BCUT2D eigenvalue weighted by Crippen LogP contribution is -2.27. The van der Waals surface area contributed by atoms with Crippen LogP contribution in [0.5, 0.6) is 0 Å². The predicted octanol–water partition coefficient (Wildman–Crippen LogP) is 5.24. The van der Waals surface area contributed by atoms with Gasteiger partial charge in [0.1, 0.15) is 17.0 Å². The molecule has 0 atom stereocenters. The van der Waals surface area contributed by atoms with Crippen LogP contribution in [0.3, 0.4) is 0 Å². The molecular formula is C21H18Cl3N3O4. The van der Waals surface area contributed by atoms with Gasteiger partial charge in [-0.15, -0.1) is 0 Å². The molecule has 0 saturated heterocycles. The van der Waals surface area contributed by atoms with Crippen molar-refractivity contribution in [1.29, 1.82) is 0 Å². The van der Waals surface area contributed by atoms with Crippen LogP contribution in [-0.2, 0) is 4.74 Å². The Kier molecular flexibility index (Phi) is 7.56. The van der Waals surface area contributed by atoms with Crippen molar-refractivity contribution in [2.24, 2.45) is 0 Å². The summed E-state index contributed by atoms with van der Waals surface area (Å²) >= 11 is 18.8. The minimum absolute atomic E-state index is 0.184. The lowest BCUT2D eigenvalue weighted by atomic mass is 10.1. The summed E-state index contributed by atoms with van der Waals surface area (Å²) in [5, 5.41) is 10.2. The largest absolute Gasteiger partial charge is 0.383 e. The van der Waals surface area contributed by atoms with Gasteiger partial charge in [0.2, 0.25) is 0 Å². The molecule has 0 unspecified atom stereocenters. The number of anilines is 1. The van der Waals surface area contributed by atoms with Crippen molar-refractivity contribution in [3.8, 4) is 11.3 Å². The van der Waals surface area contributed by atoms with E-state index < -0.39 is 5.91 Å². The van der Waals surface area contributed by atoms with Crippen LogP contribution in [0.2, 0.25) is 15.1 Å². The molecule has 162 valence electrons. The Bertz CT molecular complexity index is 1110. The fourth-order valence-corrected chi connectivity index (χ4v) is 3.71. The number of rotatable bonds is 7. The second-order valence-electron chi connectivity index (χ2n) is 6.46. The lowest BCUT2D eigenvalue weighted by Gasteiger charge is -2.10. The molecule has 1 heterocycles. The van der Waals surface area contributed by atoms with Gasteiger partial charge in [-0.25, -0.2) is 0 Å². The highest BCUT2D eigenvalue weighted by atomic mass is 35.5. The number of amides is 2. The van der Waals surface area contributed by atoms with Gasteiger partial charge in [-0.1, -0.05) is 46.0 Å². The summed E-state index contributed by atoms with van der Waals surface area (Å²) in [5.41, 5.74) is 1.48. The average molecular weight is 483 g/mol. The standard InChI is InChI=1S/C21H18Cl3N3O4/c1-11-17(19(27-31-11)18-14(22)4-3-5-15(18)23)21(29)26-12-6-7-13(16(24)10-12)20(28)25-8-9-30-2/h3-7,10H,8-9H2,1-2H3,(H,25,28)(H,26,29). The lowest BCUT2D eigenvalue weighted by molar-refractivity contribution is 0.0936. The molecule has 0 radical (unpaired) electrons. The molecule has 0 bridgehead atoms. The van der Waals surface area contributed by atoms with Gasteiger partial charge in [-0.3, -0.25) is 9.59 Å². The number of hydrogen-bond donors (Lipinski definition) is 2. The van der Waals surface area contributed by atoms with E-state index in [4.69, 9.17) is 44.1 Å². The zero-order valence-corrected chi connectivity index (χ0v) is 18.9. The van der Waals surface area contributed by atoms with Crippen LogP contribution in [-0.4, -0.2) is 37.2 Å². The highest BCUT2D eigenvalue weighted by Gasteiger charge is 2.25. The molecule has 3 rings (SSSR count). The van der Waals surface area contributed by atoms with Crippen LogP contribution < -0.4 is 10.6 Å². The fraction of sp³-hybridized carbons (Fsp3) is 0.190. The summed E-state index contributed by atoms with van der Waals surface area (Å²) < 4.78 is 10.1. The minimum Gasteiger partial charge on any atom is -0.383 e. The number of methoxy groups -OCH3 is 1. The third kappa shape index (κ3) is 5.19. The molecule has 3 aromatic rings. The van der Waals surface area contributed by atoms with Gasteiger partial charge in [0, 0.05) is 24.9 Å². The zero-order chi connectivity index (χ0) is 22.5. The molecule has 2 amide bonds. The quantitative estimate of drug-likeness (QED) is 0.449. The second-order valence-corrected chi connectivity index (χ2v) is 7.68. The van der Waals surface area contributed by atoms with Crippen molar-refractivity contribution in [2.45, 2.75) is 6.92 Å². The number of carbonyl (C=O) groups is 2. The van der Waals surface area contributed by atoms with Crippen molar-refractivity contribution in [3.63, 3.8) is 0 Å². The topological polar surface area (TPSA) is 93.5 Å². The molecule has 1 aromatic heterocycles. The maximum absolute atomic E-state index is 13.0. The molecule has 0 aliphatic carbocycles. The maximum atomic E-state index is 13.0. The summed E-state index contributed by atoms with van der Waals surface area (Å²) in [6.07, 6.45) is 0. The number of halogens is 3. The summed E-state index contributed by atoms with van der Waals surface area (Å²) in [7, 11) is 1.54. The summed E-state index contributed by atoms with van der Waals surface area (Å²) in [6.45, 7) is 2.34. The molecule has 2 N–H and O–H groups in total. The zero-order valence-electron chi connectivity index (χ0n) is 16.6. The van der Waals surface area contributed by atoms with Crippen LogP contribution in [0.25, 0.3) is 11.3 Å². The van der Waals surface area contributed by atoms with Crippen LogP contribution >= 0.6 is 34.8 Å². The van der Waals surface area contributed by atoms with E-state index >= 15 is 0 Å². The van der Waals surface area contributed by atoms with Crippen molar-refractivity contribution >= 4 is 52.3 Å². The molecule has 2 aromatic carbocycles. The SMILES string of the molecule is COCCNC(=O)c1ccc(NC(=O)c2c(-c3c(Cl)cccc3Cl)noc2C)cc1Cl.